The molecule has 0 aromatic heterocycles. The number of hydrogen-bond acceptors (Lipinski definition) is 1. The monoisotopic (exact) mass is 316 g/mol. The molecule has 0 atom stereocenters. The summed E-state index contributed by atoms with van der Waals surface area (Å²) in [5.41, 5.74) is 1.22. The van der Waals surface area contributed by atoms with Gasteiger partial charge in [-0.05, 0) is 39.7 Å². The molecule has 0 aliphatic rings. The minimum Gasteiger partial charge on any atom is -0.289 e. The molecular formula is C21H13ClO. The van der Waals surface area contributed by atoms with Crippen molar-refractivity contribution in [3.8, 4) is 0 Å². The van der Waals surface area contributed by atoms with Crippen LogP contribution in [0.1, 0.15) is 15.9 Å². The maximum Gasteiger partial charge on any atom is 0.195 e. The molecule has 0 amide bonds. The highest BCUT2D eigenvalue weighted by atomic mass is 35.5. The molecule has 0 saturated heterocycles. The topological polar surface area (TPSA) is 17.1 Å². The summed E-state index contributed by atoms with van der Waals surface area (Å²) in [7, 11) is 0. The summed E-state index contributed by atoms with van der Waals surface area (Å²) < 4.78 is 0. The maximum atomic E-state index is 12.9. The third-order valence-corrected chi connectivity index (χ3v) is 4.41. The minimum atomic E-state index is -0.0449. The SMILES string of the molecule is O=C(c1ccccc1)c1c(Cl)ccc2cc3ccccc3cc12. The summed E-state index contributed by atoms with van der Waals surface area (Å²) in [6, 6.07) is 25.3. The fourth-order valence-corrected chi connectivity index (χ4v) is 3.20. The van der Waals surface area contributed by atoms with Crippen LogP contribution in [-0.4, -0.2) is 5.78 Å². The van der Waals surface area contributed by atoms with Gasteiger partial charge in [0.1, 0.15) is 0 Å². The van der Waals surface area contributed by atoms with Crippen LogP contribution in [-0.2, 0) is 0 Å². The smallest absolute Gasteiger partial charge is 0.195 e. The molecule has 0 spiro atoms. The van der Waals surface area contributed by atoms with Gasteiger partial charge in [0.2, 0.25) is 0 Å². The molecule has 1 nitrogen and oxygen atoms in total. The van der Waals surface area contributed by atoms with Gasteiger partial charge in [0.25, 0.3) is 0 Å². The van der Waals surface area contributed by atoms with E-state index in [9.17, 15) is 4.79 Å². The van der Waals surface area contributed by atoms with Crippen LogP contribution in [0.25, 0.3) is 21.5 Å². The lowest BCUT2D eigenvalue weighted by molar-refractivity contribution is 0.104. The Morgan fingerprint density at radius 1 is 0.696 bits per heavy atom. The van der Waals surface area contributed by atoms with Crippen molar-refractivity contribution in [2.24, 2.45) is 0 Å². The second kappa shape index (κ2) is 5.53. The highest BCUT2D eigenvalue weighted by Crippen LogP contribution is 2.31. The second-order valence-corrected chi connectivity index (χ2v) is 5.95. The number of ketones is 1. The zero-order chi connectivity index (χ0) is 15.8. The predicted molar refractivity (Wildman–Crippen MR) is 96.3 cm³/mol. The summed E-state index contributed by atoms with van der Waals surface area (Å²) in [6.07, 6.45) is 0. The predicted octanol–water partition coefficient (Wildman–Crippen LogP) is 5.88. The highest BCUT2D eigenvalue weighted by molar-refractivity contribution is 6.37. The third kappa shape index (κ3) is 2.39. The average molecular weight is 317 g/mol. The van der Waals surface area contributed by atoms with Crippen LogP contribution in [0.5, 0.6) is 0 Å². The molecule has 0 bridgehead atoms. The molecule has 2 heteroatoms. The highest BCUT2D eigenvalue weighted by Gasteiger charge is 2.16. The van der Waals surface area contributed by atoms with Crippen molar-refractivity contribution < 1.29 is 4.79 Å². The normalized spacial score (nSPS) is 11.0. The molecule has 23 heavy (non-hydrogen) atoms. The first-order valence-electron chi connectivity index (χ1n) is 7.45. The summed E-state index contributed by atoms with van der Waals surface area (Å²) in [5, 5.41) is 4.66. The Balaban J connectivity index is 2.03. The van der Waals surface area contributed by atoms with E-state index in [1.807, 2.05) is 60.7 Å². The number of halogens is 1. The molecule has 4 aromatic rings. The van der Waals surface area contributed by atoms with E-state index in [2.05, 4.69) is 12.1 Å². The Hall–Kier alpha value is -2.64. The number of fused-ring (bicyclic) bond motifs is 2. The largest absolute Gasteiger partial charge is 0.289 e. The van der Waals surface area contributed by atoms with E-state index in [-0.39, 0.29) is 5.78 Å². The lowest BCUT2D eigenvalue weighted by Crippen LogP contribution is -2.03. The van der Waals surface area contributed by atoms with Crippen LogP contribution in [0.4, 0.5) is 0 Å². The van der Waals surface area contributed by atoms with Gasteiger partial charge in [0.15, 0.2) is 5.78 Å². The zero-order valence-electron chi connectivity index (χ0n) is 12.3. The van der Waals surface area contributed by atoms with Gasteiger partial charge >= 0.3 is 0 Å². The molecular weight excluding hydrogens is 304 g/mol. The first-order chi connectivity index (χ1) is 11.2. The van der Waals surface area contributed by atoms with Gasteiger partial charge in [0, 0.05) is 11.1 Å². The second-order valence-electron chi connectivity index (χ2n) is 5.54. The number of rotatable bonds is 2. The molecule has 0 unspecified atom stereocenters. The van der Waals surface area contributed by atoms with Crippen LogP contribution < -0.4 is 0 Å². The number of benzene rings is 4. The first kappa shape index (κ1) is 14.0. The van der Waals surface area contributed by atoms with Crippen LogP contribution in [0.3, 0.4) is 0 Å². The molecule has 0 aliphatic carbocycles. The van der Waals surface area contributed by atoms with Gasteiger partial charge in [-0.2, -0.15) is 0 Å². The van der Waals surface area contributed by atoms with E-state index in [1.54, 1.807) is 6.07 Å². The molecule has 110 valence electrons. The van der Waals surface area contributed by atoms with E-state index >= 15 is 0 Å². The Kier molecular flexibility index (Phi) is 3.36. The molecule has 0 heterocycles. The van der Waals surface area contributed by atoms with Crippen molar-refractivity contribution in [2.75, 3.05) is 0 Å². The first-order valence-corrected chi connectivity index (χ1v) is 7.82. The molecule has 0 N–H and O–H groups in total. The van der Waals surface area contributed by atoms with Crippen molar-refractivity contribution >= 4 is 38.9 Å². The quantitative estimate of drug-likeness (QED) is 0.333. The van der Waals surface area contributed by atoms with Crippen molar-refractivity contribution in [3.05, 3.63) is 95.0 Å². The maximum absolute atomic E-state index is 12.9. The van der Waals surface area contributed by atoms with Crippen molar-refractivity contribution in [3.63, 3.8) is 0 Å². The van der Waals surface area contributed by atoms with Gasteiger partial charge in [-0.25, -0.2) is 0 Å². The molecule has 4 rings (SSSR count). The fraction of sp³-hybridized carbons (Fsp3) is 0. The van der Waals surface area contributed by atoms with Crippen LogP contribution >= 0.6 is 11.6 Å². The van der Waals surface area contributed by atoms with Crippen molar-refractivity contribution in [2.45, 2.75) is 0 Å². The fourth-order valence-electron chi connectivity index (χ4n) is 2.95. The average Bonchev–Trinajstić information content (AvgIpc) is 2.60. The summed E-state index contributed by atoms with van der Waals surface area (Å²) in [6.45, 7) is 0. The molecule has 0 radical (unpaired) electrons. The van der Waals surface area contributed by atoms with Crippen LogP contribution in [0.15, 0.2) is 78.9 Å². The van der Waals surface area contributed by atoms with Crippen LogP contribution in [0, 0.1) is 0 Å². The lowest BCUT2D eigenvalue weighted by atomic mass is 9.95. The summed E-state index contributed by atoms with van der Waals surface area (Å²) >= 11 is 6.38. The summed E-state index contributed by atoms with van der Waals surface area (Å²) in [4.78, 5) is 12.9. The Labute approximate surface area is 139 Å². The van der Waals surface area contributed by atoms with E-state index < -0.39 is 0 Å². The number of carbonyl (C=O) groups is 1. The van der Waals surface area contributed by atoms with Gasteiger partial charge in [-0.15, -0.1) is 0 Å². The van der Waals surface area contributed by atoms with E-state index in [0.717, 1.165) is 21.5 Å². The Morgan fingerprint density at radius 3 is 2.09 bits per heavy atom. The third-order valence-electron chi connectivity index (χ3n) is 4.10. The molecule has 0 fully saturated rings. The van der Waals surface area contributed by atoms with E-state index in [1.165, 1.54) is 0 Å². The van der Waals surface area contributed by atoms with E-state index in [4.69, 9.17) is 11.6 Å². The molecule has 0 saturated carbocycles. The minimum absolute atomic E-state index is 0.0449. The number of hydrogen-bond donors (Lipinski definition) is 0. The van der Waals surface area contributed by atoms with Gasteiger partial charge in [0.05, 0.1) is 5.02 Å². The Bertz CT molecular complexity index is 1040. The van der Waals surface area contributed by atoms with Crippen LogP contribution in [0.2, 0.25) is 5.02 Å². The molecule has 0 aliphatic heterocycles. The Morgan fingerprint density at radius 2 is 1.35 bits per heavy atom. The number of carbonyl (C=O) groups excluding carboxylic acids is 1. The standard InChI is InChI=1S/C21H13ClO/c22-19-11-10-17-12-15-8-4-5-9-16(15)13-18(17)20(19)21(23)14-6-2-1-3-7-14/h1-13H. The lowest BCUT2D eigenvalue weighted by Gasteiger charge is -2.10. The molecule has 4 aromatic carbocycles. The zero-order valence-corrected chi connectivity index (χ0v) is 13.0. The summed E-state index contributed by atoms with van der Waals surface area (Å²) in [5.74, 6) is -0.0449. The van der Waals surface area contributed by atoms with Gasteiger partial charge in [-0.1, -0.05) is 72.3 Å². The van der Waals surface area contributed by atoms with E-state index in [0.29, 0.717) is 16.1 Å². The van der Waals surface area contributed by atoms with Crippen molar-refractivity contribution in [1.29, 1.82) is 0 Å². The van der Waals surface area contributed by atoms with Crippen molar-refractivity contribution in [1.82, 2.24) is 0 Å². The van der Waals surface area contributed by atoms with Gasteiger partial charge < -0.3 is 0 Å². The van der Waals surface area contributed by atoms with Gasteiger partial charge in [-0.3, -0.25) is 4.79 Å².